The molecule has 0 spiro atoms. The van der Waals surface area contributed by atoms with Crippen LogP contribution in [-0.4, -0.2) is 71.0 Å². The fourth-order valence-electron chi connectivity index (χ4n) is 2.31. The first-order chi connectivity index (χ1) is 10.5. The van der Waals surface area contributed by atoms with Crippen LogP contribution in [0.3, 0.4) is 0 Å². The first-order valence-electron chi connectivity index (χ1n) is 8.51. The first-order valence-corrected chi connectivity index (χ1v) is 10.1. The molecule has 0 amide bonds. The standard InChI is InChI=1S/C15H33N3O3S/c1-15(2)22(19,20)17-9-5-3-4-7-16-8-6-10-18-11-13-21-14-12-18/h15-17H,3-14H2,1-2H3. The first kappa shape index (κ1) is 19.8. The van der Waals surface area contributed by atoms with Gasteiger partial charge in [-0.2, -0.15) is 0 Å². The molecular formula is C15H33N3O3S. The van der Waals surface area contributed by atoms with E-state index in [0.29, 0.717) is 6.54 Å². The summed E-state index contributed by atoms with van der Waals surface area (Å²) in [6, 6.07) is 0. The van der Waals surface area contributed by atoms with Crippen LogP contribution in [0, 0.1) is 0 Å². The maximum Gasteiger partial charge on any atom is 0.213 e. The minimum Gasteiger partial charge on any atom is -0.379 e. The lowest BCUT2D eigenvalue weighted by molar-refractivity contribution is 0.0374. The molecule has 0 aromatic heterocycles. The minimum atomic E-state index is -3.09. The van der Waals surface area contributed by atoms with Gasteiger partial charge in [-0.05, 0) is 52.7 Å². The number of hydrogen-bond acceptors (Lipinski definition) is 5. The van der Waals surface area contributed by atoms with E-state index in [0.717, 1.165) is 65.2 Å². The molecule has 1 saturated heterocycles. The van der Waals surface area contributed by atoms with Crippen molar-refractivity contribution in [3.63, 3.8) is 0 Å². The summed E-state index contributed by atoms with van der Waals surface area (Å²) in [5, 5.41) is 3.11. The molecule has 0 saturated carbocycles. The average molecular weight is 336 g/mol. The van der Waals surface area contributed by atoms with Crippen molar-refractivity contribution < 1.29 is 13.2 Å². The Kier molecular flexibility index (Phi) is 10.2. The lowest BCUT2D eigenvalue weighted by atomic mass is 10.2. The largest absolute Gasteiger partial charge is 0.379 e. The molecular weight excluding hydrogens is 302 g/mol. The summed E-state index contributed by atoms with van der Waals surface area (Å²) in [6.45, 7) is 11.0. The second-order valence-corrected chi connectivity index (χ2v) is 8.43. The molecule has 1 aliphatic heterocycles. The molecule has 0 atom stereocenters. The molecule has 1 aliphatic rings. The van der Waals surface area contributed by atoms with Crippen molar-refractivity contribution in [1.29, 1.82) is 0 Å². The summed E-state index contributed by atoms with van der Waals surface area (Å²) in [5.41, 5.74) is 0. The minimum absolute atomic E-state index is 0.347. The summed E-state index contributed by atoms with van der Waals surface area (Å²) < 4.78 is 31.0. The van der Waals surface area contributed by atoms with Crippen LogP contribution in [0.1, 0.15) is 39.5 Å². The molecule has 0 bridgehead atoms. The molecule has 0 aromatic carbocycles. The number of unbranched alkanes of at least 4 members (excludes halogenated alkanes) is 2. The predicted octanol–water partition coefficient (Wildman–Crippen LogP) is 0.796. The van der Waals surface area contributed by atoms with E-state index in [4.69, 9.17) is 4.74 Å². The van der Waals surface area contributed by atoms with Crippen molar-refractivity contribution in [2.75, 3.05) is 52.5 Å². The van der Waals surface area contributed by atoms with Gasteiger partial charge in [0.25, 0.3) is 0 Å². The second-order valence-electron chi connectivity index (χ2n) is 6.11. The summed E-state index contributed by atoms with van der Waals surface area (Å²) in [7, 11) is -3.09. The smallest absolute Gasteiger partial charge is 0.213 e. The fourth-order valence-corrected chi connectivity index (χ4v) is 3.07. The van der Waals surface area contributed by atoms with Crippen LogP contribution in [0.5, 0.6) is 0 Å². The topological polar surface area (TPSA) is 70.7 Å². The molecule has 1 rings (SSSR count). The van der Waals surface area contributed by atoms with Gasteiger partial charge in [-0.3, -0.25) is 4.90 Å². The van der Waals surface area contributed by atoms with Crippen molar-refractivity contribution in [1.82, 2.24) is 14.9 Å². The third-order valence-electron chi connectivity index (χ3n) is 3.89. The van der Waals surface area contributed by atoms with Crippen molar-refractivity contribution in [2.45, 2.75) is 44.8 Å². The third kappa shape index (κ3) is 9.05. The maximum atomic E-state index is 11.5. The molecule has 1 fully saturated rings. The van der Waals surface area contributed by atoms with Gasteiger partial charge in [0.05, 0.1) is 18.5 Å². The van der Waals surface area contributed by atoms with Crippen LogP contribution < -0.4 is 10.0 Å². The van der Waals surface area contributed by atoms with Crippen molar-refractivity contribution in [2.24, 2.45) is 0 Å². The van der Waals surface area contributed by atoms with Crippen molar-refractivity contribution in [3.05, 3.63) is 0 Å². The molecule has 1 heterocycles. The Labute approximate surface area is 136 Å². The number of hydrogen-bond donors (Lipinski definition) is 2. The van der Waals surface area contributed by atoms with E-state index in [1.54, 1.807) is 13.8 Å². The molecule has 22 heavy (non-hydrogen) atoms. The fraction of sp³-hybridized carbons (Fsp3) is 1.00. The van der Waals surface area contributed by atoms with Gasteiger partial charge in [-0.15, -0.1) is 0 Å². The SMILES string of the molecule is CC(C)S(=O)(=O)NCCCCCNCCCN1CCOCC1. The van der Waals surface area contributed by atoms with Gasteiger partial charge in [-0.25, -0.2) is 13.1 Å². The highest BCUT2D eigenvalue weighted by atomic mass is 32.2. The molecule has 0 aromatic rings. The van der Waals surface area contributed by atoms with Crippen LogP contribution in [0.15, 0.2) is 0 Å². The molecule has 7 heteroatoms. The van der Waals surface area contributed by atoms with Crippen LogP contribution in [-0.2, 0) is 14.8 Å². The average Bonchev–Trinajstić information content (AvgIpc) is 2.50. The molecule has 0 aliphatic carbocycles. The van der Waals surface area contributed by atoms with E-state index in [1.807, 2.05) is 0 Å². The number of rotatable bonds is 12. The predicted molar refractivity (Wildman–Crippen MR) is 90.7 cm³/mol. The van der Waals surface area contributed by atoms with Crippen LogP contribution in [0.25, 0.3) is 0 Å². The van der Waals surface area contributed by atoms with Gasteiger partial charge >= 0.3 is 0 Å². The number of ether oxygens (including phenoxy) is 1. The zero-order chi connectivity index (χ0) is 16.3. The van der Waals surface area contributed by atoms with Gasteiger partial charge < -0.3 is 10.1 Å². The highest BCUT2D eigenvalue weighted by Crippen LogP contribution is 1.99. The monoisotopic (exact) mass is 335 g/mol. The van der Waals surface area contributed by atoms with E-state index >= 15 is 0 Å². The Bertz CT molecular complexity index is 368. The summed E-state index contributed by atoms with van der Waals surface area (Å²) in [5.74, 6) is 0. The second kappa shape index (κ2) is 11.3. The normalized spacial score (nSPS) is 17.2. The highest BCUT2D eigenvalue weighted by molar-refractivity contribution is 7.90. The number of nitrogens with zero attached hydrogens (tertiary/aromatic N) is 1. The van der Waals surface area contributed by atoms with Gasteiger partial charge in [0.2, 0.25) is 10.0 Å². The number of nitrogens with one attached hydrogen (secondary N) is 2. The van der Waals surface area contributed by atoms with Crippen LogP contribution in [0.2, 0.25) is 0 Å². The zero-order valence-corrected chi connectivity index (χ0v) is 15.0. The lowest BCUT2D eigenvalue weighted by Crippen LogP contribution is -2.37. The molecule has 6 nitrogen and oxygen atoms in total. The molecule has 0 radical (unpaired) electrons. The molecule has 2 N–H and O–H groups in total. The molecule has 0 unspecified atom stereocenters. The van der Waals surface area contributed by atoms with Crippen LogP contribution >= 0.6 is 0 Å². The Morgan fingerprint density at radius 3 is 2.32 bits per heavy atom. The Morgan fingerprint density at radius 2 is 1.64 bits per heavy atom. The lowest BCUT2D eigenvalue weighted by Gasteiger charge is -2.26. The quantitative estimate of drug-likeness (QED) is 0.516. The summed E-state index contributed by atoms with van der Waals surface area (Å²) in [4.78, 5) is 2.45. The highest BCUT2D eigenvalue weighted by Gasteiger charge is 2.13. The van der Waals surface area contributed by atoms with Crippen molar-refractivity contribution in [3.8, 4) is 0 Å². The van der Waals surface area contributed by atoms with E-state index in [2.05, 4.69) is 14.9 Å². The molecule has 132 valence electrons. The van der Waals surface area contributed by atoms with Gasteiger partial charge in [0, 0.05) is 19.6 Å². The summed E-state index contributed by atoms with van der Waals surface area (Å²) in [6.07, 6.45) is 4.23. The number of sulfonamides is 1. The third-order valence-corrected chi connectivity index (χ3v) is 5.73. The number of morpholine rings is 1. The Hall–Kier alpha value is -0.210. The van der Waals surface area contributed by atoms with Crippen molar-refractivity contribution >= 4 is 10.0 Å². The van der Waals surface area contributed by atoms with Gasteiger partial charge in [0.1, 0.15) is 0 Å². The van der Waals surface area contributed by atoms with Gasteiger partial charge in [0.15, 0.2) is 0 Å². The van der Waals surface area contributed by atoms with Crippen LogP contribution in [0.4, 0.5) is 0 Å². The Morgan fingerprint density at radius 1 is 1.00 bits per heavy atom. The Balaban J connectivity index is 1.83. The maximum absolute atomic E-state index is 11.5. The van der Waals surface area contributed by atoms with E-state index < -0.39 is 10.0 Å². The van der Waals surface area contributed by atoms with E-state index in [1.165, 1.54) is 6.42 Å². The van der Waals surface area contributed by atoms with Gasteiger partial charge in [-0.1, -0.05) is 6.42 Å². The van der Waals surface area contributed by atoms with E-state index in [-0.39, 0.29) is 5.25 Å². The zero-order valence-electron chi connectivity index (χ0n) is 14.1. The van der Waals surface area contributed by atoms with E-state index in [9.17, 15) is 8.42 Å². The summed E-state index contributed by atoms with van der Waals surface area (Å²) >= 11 is 0.